The number of carbonyl (C=O) groups is 4. The predicted molar refractivity (Wildman–Crippen MR) is 113 cm³/mol. The second kappa shape index (κ2) is 10.3. The molecule has 4 amide bonds. The molecule has 13 nitrogen and oxygen atoms in total. The molecule has 2 heterocycles. The molecule has 2 fully saturated rings. The lowest BCUT2D eigenvalue weighted by Gasteiger charge is -2.33. The standard InChI is InChI=1S/C19H28N8O5/c20-14-13(16(29)27-18(21)26-14)25-19(32)23-10-6-7-11(22-8-10)15(28)24-12(17(30)31)9-4-2-1-3-5-9/h6-9,12-14,18,26H,1-5,20-21H2,(H,24,28)(H,27,29)(H,30,31)(H2,23,25,32)/t12-,13?,14?,18?/m0/s1. The summed E-state index contributed by atoms with van der Waals surface area (Å²) in [6.45, 7) is 0. The highest BCUT2D eigenvalue weighted by Gasteiger charge is 2.34. The summed E-state index contributed by atoms with van der Waals surface area (Å²) in [5.74, 6) is -2.32. The molecule has 1 aromatic rings. The maximum absolute atomic E-state index is 12.5. The van der Waals surface area contributed by atoms with E-state index in [1.54, 1.807) is 0 Å². The van der Waals surface area contributed by atoms with Gasteiger partial charge in [0.25, 0.3) is 5.91 Å². The van der Waals surface area contributed by atoms with Gasteiger partial charge in [0.2, 0.25) is 5.91 Å². The fourth-order valence-corrected chi connectivity index (χ4v) is 3.88. The molecule has 3 rings (SSSR count). The number of carboxylic acid groups (broad SMARTS) is 1. The smallest absolute Gasteiger partial charge is 0.326 e. The third-order valence-corrected chi connectivity index (χ3v) is 5.53. The average Bonchev–Trinajstić information content (AvgIpc) is 2.75. The highest BCUT2D eigenvalue weighted by atomic mass is 16.4. The Kier molecular flexibility index (Phi) is 7.56. The molecule has 1 aromatic heterocycles. The van der Waals surface area contributed by atoms with E-state index in [1.807, 2.05) is 0 Å². The van der Waals surface area contributed by atoms with Crippen molar-refractivity contribution in [2.45, 2.75) is 56.6 Å². The largest absolute Gasteiger partial charge is 0.480 e. The molecule has 0 spiro atoms. The summed E-state index contributed by atoms with van der Waals surface area (Å²) in [7, 11) is 0. The molecule has 1 saturated heterocycles. The molecule has 13 heteroatoms. The van der Waals surface area contributed by atoms with Gasteiger partial charge in [-0.05, 0) is 30.9 Å². The lowest BCUT2D eigenvalue weighted by molar-refractivity contribution is -0.141. The third-order valence-electron chi connectivity index (χ3n) is 5.53. The number of nitrogens with one attached hydrogen (secondary N) is 5. The van der Waals surface area contributed by atoms with E-state index in [0.717, 1.165) is 32.1 Å². The Morgan fingerprint density at radius 1 is 1.16 bits per heavy atom. The molecular formula is C19H28N8O5. The first-order valence-electron chi connectivity index (χ1n) is 10.4. The molecule has 32 heavy (non-hydrogen) atoms. The third kappa shape index (κ3) is 5.90. The summed E-state index contributed by atoms with van der Waals surface area (Å²) < 4.78 is 0. The van der Waals surface area contributed by atoms with E-state index in [-0.39, 0.29) is 17.3 Å². The summed E-state index contributed by atoms with van der Waals surface area (Å²) in [5, 5.41) is 22.1. The van der Waals surface area contributed by atoms with Crippen LogP contribution in [-0.4, -0.2) is 58.4 Å². The summed E-state index contributed by atoms with van der Waals surface area (Å²) in [6, 6.07) is 0.0819. The van der Waals surface area contributed by atoms with Gasteiger partial charge in [-0.25, -0.2) is 14.6 Å². The van der Waals surface area contributed by atoms with Crippen molar-refractivity contribution in [2.24, 2.45) is 17.4 Å². The first-order chi connectivity index (χ1) is 15.2. The zero-order chi connectivity index (χ0) is 23.3. The van der Waals surface area contributed by atoms with E-state index in [9.17, 15) is 24.3 Å². The van der Waals surface area contributed by atoms with Crippen molar-refractivity contribution in [3.05, 3.63) is 24.0 Å². The van der Waals surface area contributed by atoms with Crippen LogP contribution in [0.25, 0.3) is 0 Å². The number of rotatable bonds is 6. The first kappa shape index (κ1) is 23.4. The molecule has 1 aliphatic carbocycles. The number of aromatic nitrogens is 1. The van der Waals surface area contributed by atoms with Crippen molar-refractivity contribution in [3.8, 4) is 0 Å². The lowest BCUT2D eigenvalue weighted by atomic mass is 9.84. The van der Waals surface area contributed by atoms with Crippen LogP contribution >= 0.6 is 0 Å². The number of amides is 4. The summed E-state index contributed by atoms with van der Waals surface area (Å²) in [4.78, 5) is 52.2. The highest BCUT2D eigenvalue weighted by Crippen LogP contribution is 2.26. The van der Waals surface area contributed by atoms with Crippen LogP contribution in [-0.2, 0) is 9.59 Å². The number of urea groups is 1. The van der Waals surface area contributed by atoms with E-state index in [4.69, 9.17) is 11.5 Å². The molecule has 0 aromatic carbocycles. The molecule has 2 aliphatic rings. The normalized spacial score (nSPS) is 24.7. The molecule has 0 bridgehead atoms. The first-order valence-corrected chi connectivity index (χ1v) is 10.4. The van der Waals surface area contributed by atoms with Gasteiger partial charge < -0.3 is 32.1 Å². The van der Waals surface area contributed by atoms with Gasteiger partial charge in [-0.15, -0.1) is 0 Å². The van der Waals surface area contributed by atoms with Crippen LogP contribution in [0.1, 0.15) is 42.6 Å². The van der Waals surface area contributed by atoms with Crippen LogP contribution in [0.15, 0.2) is 18.3 Å². The maximum Gasteiger partial charge on any atom is 0.326 e. The summed E-state index contributed by atoms with van der Waals surface area (Å²) in [6.07, 6.45) is 4.05. The molecule has 1 aliphatic heterocycles. The van der Waals surface area contributed by atoms with E-state index < -0.39 is 48.4 Å². The van der Waals surface area contributed by atoms with Crippen LogP contribution in [0.5, 0.6) is 0 Å². The van der Waals surface area contributed by atoms with E-state index >= 15 is 0 Å². The number of carboxylic acids is 1. The summed E-state index contributed by atoms with van der Waals surface area (Å²) in [5.41, 5.74) is 11.6. The Bertz CT molecular complexity index is 858. The molecular weight excluding hydrogens is 420 g/mol. The Morgan fingerprint density at radius 3 is 2.47 bits per heavy atom. The second-order valence-electron chi connectivity index (χ2n) is 7.87. The van der Waals surface area contributed by atoms with Gasteiger partial charge in [0.05, 0.1) is 18.1 Å². The van der Waals surface area contributed by atoms with Crippen LogP contribution in [0.4, 0.5) is 10.5 Å². The molecule has 0 radical (unpaired) electrons. The number of carbonyl (C=O) groups excluding carboxylic acids is 3. The Balaban J connectivity index is 1.55. The van der Waals surface area contributed by atoms with Crippen molar-refractivity contribution >= 4 is 29.5 Å². The number of hydrogen-bond acceptors (Lipinski definition) is 8. The molecule has 10 N–H and O–H groups in total. The SMILES string of the molecule is NC1NC(=O)C(NC(=O)Nc2ccc(C(=O)N[C@H](C(=O)O)C3CCCCC3)nc2)C(N)N1. The molecule has 4 atom stereocenters. The van der Waals surface area contributed by atoms with Crippen LogP contribution in [0.3, 0.4) is 0 Å². The van der Waals surface area contributed by atoms with Crippen LogP contribution in [0, 0.1) is 5.92 Å². The monoisotopic (exact) mass is 448 g/mol. The number of nitrogens with zero attached hydrogens (tertiary/aromatic N) is 1. The van der Waals surface area contributed by atoms with Crippen LogP contribution < -0.4 is 38.1 Å². The quantitative estimate of drug-likeness (QED) is 0.256. The minimum Gasteiger partial charge on any atom is -0.480 e. The zero-order valence-electron chi connectivity index (χ0n) is 17.3. The lowest BCUT2D eigenvalue weighted by Crippen LogP contribution is -2.73. The minimum atomic E-state index is -1.07. The number of hydrogen-bond donors (Lipinski definition) is 8. The van der Waals surface area contributed by atoms with Gasteiger partial charge in [0.15, 0.2) is 0 Å². The van der Waals surface area contributed by atoms with Crippen molar-refractivity contribution in [3.63, 3.8) is 0 Å². The van der Waals surface area contributed by atoms with Gasteiger partial charge in [-0.3, -0.25) is 20.6 Å². The van der Waals surface area contributed by atoms with Gasteiger partial charge in [0.1, 0.15) is 24.1 Å². The Hall–Kier alpha value is -3.29. The minimum absolute atomic E-state index is 0.0184. The van der Waals surface area contributed by atoms with E-state index in [0.29, 0.717) is 0 Å². The zero-order valence-corrected chi connectivity index (χ0v) is 17.3. The fraction of sp³-hybridized carbons (Fsp3) is 0.526. The van der Waals surface area contributed by atoms with Crippen molar-refractivity contribution in [1.82, 2.24) is 26.3 Å². The van der Waals surface area contributed by atoms with E-state index in [1.165, 1.54) is 18.3 Å². The second-order valence-corrected chi connectivity index (χ2v) is 7.87. The van der Waals surface area contributed by atoms with Crippen molar-refractivity contribution < 1.29 is 24.3 Å². The molecule has 1 saturated carbocycles. The fourth-order valence-electron chi connectivity index (χ4n) is 3.88. The van der Waals surface area contributed by atoms with E-state index in [2.05, 4.69) is 31.6 Å². The van der Waals surface area contributed by atoms with Crippen LogP contribution in [0.2, 0.25) is 0 Å². The predicted octanol–water partition coefficient (Wildman–Crippen LogP) is -1.42. The van der Waals surface area contributed by atoms with Crippen molar-refractivity contribution in [2.75, 3.05) is 5.32 Å². The number of pyridine rings is 1. The maximum atomic E-state index is 12.5. The molecule has 3 unspecified atom stereocenters. The van der Waals surface area contributed by atoms with Crippen molar-refractivity contribution in [1.29, 1.82) is 0 Å². The van der Waals surface area contributed by atoms with Gasteiger partial charge >= 0.3 is 12.0 Å². The van der Waals surface area contributed by atoms with Gasteiger partial charge in [-0.2, -0.15) is 0 Å². The van der Waals surface area contributed by atoms with Gasteiger partial charge in [0, 0.05) is 0 Å². The van der Waals surface area contributed by atoms with Gasteiger partial charge in [-0.1, -0.05) is 19.3 Å². The Labute approximate surface area is 184 Å². The Morgan fingerprint density at radius 2 is 1.88 bits per heavy atom. The topological polar surface area (TPSA) is 214 Å². The number of nitrogens with two attached hydrogens (primary N) is 2. The summed E-state index contributed by atoms with van der Waals surface area (Å²) >= 11 is 0. The highest BCUT2D eigenvalue weighted by molar-refractivity contribution is 5.96. The molecule has 174 valence electrons. The number of anilines is 1. The average molecular weight is 448 g/mol. The number of aliphatic carboxylic acids is 1.